The molecular formula is C17H24N4S. The van der Waals surface area contributed by atoms with Crippen molar-refractivity contribution in [3.05, 3.63) is 46.8 Å². The van der Waals surface area contributed by atoms with Crippen molar-refractivity contribution in [3.63, 3.8) is 0 Å². The standard InChI is InChI=1S/C17H24N4S/c1-5-10-18-17(22)19-16-13(3)20-21(14(16)4)11-15-9-7-6-8-12(15)2/h6-9H,5,10-11H2,1-4H3,(H2,18,19,22). The molecule has 0 aliphatic rings. The Kier molecular flexibility index (Phi) is 5.55. The number of hydrogen-bond acceptors (Lipinski definition) is 2. The predicted octanol–water partition coefficient (Wildman–Crippen LogP) is 3.55. The Bertz CT molecular complexity index is 661. The molecule has 2 aromatic rings. The van der Waals surface area contributed by atoms with Crippen LogP contribution < -0.4 is 10.6 Å². The van der Waals surface area contributed by atoms with Crippen molar-refractivity contribution in [2.75, 3.05) is 11.9 Å². The highest BCUT2D eigenvalue weighted by atomic mass is 32.1. The third kappa shape index (κ3) is 3.85. The van der Waals surface area contributed by atoms with Crippen LogP contribution in [0.1, 0.15) is 35.9 Å². The second-order valence-electron chi connectivity index (χ2n) is 5.51. The molecule has 2 N–H and O–H groups in total. The molecule has 1 aromatic carbocycles. The van der Waals surface area contributed by atoms with E-state index in [0.29, 0.717) is 5.11 Å². The van der Waals surface area contributed by atoms with Crippen LogP contribution in [0.25, 0.3) is 0 Å². The van der Waals surface area contributed by atoms with Gasteiger partial charge in [-0.25, -0.2) is 0 Å². The van der Waals surface area contributed by atoms with Crippen molar-refractivity contribution in [3.8, 4) is 0 Å². The molecule has 0 amide bonds. The van der Waals surface area contributed by atoms with E-state index in [1.165, 1.54) is 11.1 Å². The minimum absolute atomic E-state index is 0.656. The number of aryl methyl sites for hydroxylation is 2. The molecule has 1 heterocycles. The zero-order valence-electron chi connectivity index (χ0n) is 13.7. The van der Waals surface area contributed by atoms with Crippen LogP contribution in [-0.2, 0) is 6.54 Å². The second kappa shape index (κ2) is 7.40. The Morgan fingerprint density at radius 3 is 2.64 bits per heavy atom. The molecule has 4 nitrogen and oxygen atoms in total. The molecule has 0 radical (unpaired) electrons. The highest BCUT2D eigenvalue weighted by molar-refractivity contribution is 7.80. The van der Waals surface area contributed by atoms with E-state index in [2.05, 4.69) is 60.8 Å². The van der Waals surface area contributed by atoms with Crippen LogP contribution in [0.5, 0.6) is 0 Å². The average Bonchev–Trinajstić information content (AvgIpc) is 2.75. The lowest BCUT2D eigenvalue weighted by molar-refractivity contribution is 0.657. The summed E-state index contributed by atoms with van der Waals surface area (Å²) in [6.45, 7) is 9.98. The van der Waals surface area contributed by atoms with Gasteiger partial charge in [-0.2, -0.15) is 5.10 Å². The molecule has 0 fully saturated rings. The molecule has 118 valence electrons. The molecule has 0 spiro atoms. The van der Waals surface area contributed by atoms with Crippen LogP contribution in [0.2, 0.25) is 0 Å². The number of nitrogens with zero attached hydrogens (tertiary/aromatic N) is 2. The summed E-state index contributed by atoms with van der Waals surface area (Å²) in [7, 11) is 0. The number of thiocarbonyl (C=S) groups is 1. The first-order valence-corrected chi connectivity index (χ1v) is 8.07. The van der Waals surface area contributed by atoms with Gasteiger partial charge in [-0.05, 0) is 50.5 Å². The molecule has 0 aliphatic carbocycles. The summed E-state index contributed by atoms with van der Waals surface area (Å²) in [6, 6.07) is 8.40. The topological polar surface area (TPSA) is 41.9 Å². The highest BCUT2D eigenvalue weighted by Gasteiger charge is 2.13. The largest absolute Gasteiger partial charge is 0.362 e. The van der Waals surface area contributed by atoms with E-state index in [1.807, 2.05) is 11.6 Å². The van der Waals surface area contributed by atoms with E-state index in [0.717, 1.165) is 36.6 Å². The van der Waals surface area contributed by atoms with E-state index in [1.54, 1.807) is 0 Å². The first kappa shape index (κ1) is 16.5. The van der Waals surface area contributed by atoms with Gasteiger partial charge in [0.15, 0.2) is 5.11 Å². The Balaban J connectivity index is 2.17. The van der Waals surface area contributed by atoms with Gasteiger partial charge in [0.25, 0.3) is 0 Å². The van der Waals surface area contributed by atoms with Crippen molar-refractivity contribution in [2.24, 2.45) is 0 Å². The number of rotatable bonds is 5. The maximum Gasteiger partial charge on any atom is 0.170 e. The van der Waals surface area contributed by atoms with Gasteiger partial charge in [-0.3, -0.25) is 4.68 Å². The quantitative estimate of drug-likeness (QED) is 0.828. The van der Waals surface area contributed by atoms with E-state index in [4.69, 9.17) is 12.2 Å². The molecule has 1 aromatic heterocycles. The van der Waals surface area contributed by atoms with Gasteiger partial charge in [0, 0.05) is 6.54 Å². The van der Waals surface area contributed by atoms with Crippen molar-refractivity contribution in [2.45, 2.75) is 40.7 Å². The average molecular weight is 316 g/mol. The van der Waals surface area contributed by atoms with Crippen LogP contribution >= 0.6 is 12.2 Å². The van der Waals surface area contributed by atoms with Crippen LogP contribution in [0.4, 0.5) is 5.69 Å². The van der Waals surface area contributed by atoms with Crippen molar-refractivity contribution < 1.29 is 0 Å². The van der Waals surface area contributed by atoms with Crippen molar-refractivity contribution >= 4 is 23.0 Å². The van der Waals surface area contributed by atoms with E-state index < -0.39 is 0 Å². The summed E-state index contributed by atoms with van der Waals surface area (Å²) in [4.78, 5) is 0. The van der Waals surface area contributed by atoms with Crippen molar-refractivity contribution in [1.29, 1.82) is 0 Å². The fraction of sp³-hybridized carbons (Fsp3) is 0.412. The zero-order chi connectivity index (χ0) is 16.1. The van der Waals surface area contributed by atoms with Crippen LogP contribution in [-0.4, -0.2) is 21.4 Å². The Morgan fingerprint density at radius 1 is 1.23 bits per heavy atom. The molecule has 2 rings (SSSR count). The van der Waals surface area contributed by atoms with Gasteiger partial charge in [0.1, 0.15) is 0 Å². The molecule has 22 heavy (non-hydrogen) atoms. The molecule has 0 atom stereocenters. The van der Waals surface area contributed by atoms with E-state index in [9.17, 15) is 0 Å². The molecule has 0 saturated heterocycles. The summed E-state index contributed by atoms with van der Waals surface area (Å²) in [5.74, 6) is 0. The Morgan fingerprint density at radius 2 is 1.95 bits per heavy atom. The molecule has 0 unspecified atom stereocenters. The first-order valence-electron chi connectivity index (χ1n) is 7.66. The molecule has 5 heteroatoms. The summed E-state index contributed by atoms with van der Waals surface area (Å²) < 4.78 is 2.03. The number of aromatic nitrogens is 2. The molecule has 0 bridgehead atoms. The Hall–Kier alpha value is -1.88. The SMILES string of the molecule is CCCNC(=S)Nc1c(C)nn(Cc2ccccc2C)c1C. The lowest BCUT2D eigenvalue weighted by Crippen LogP contribution is -2.29. The fourth-order valence-corrected chi connectivity index (χ4v) is 2.58. The lowest BCUT2D eigenvalue weighted by Gasteiger charge is -2.11. The van der Waals surface area contributed by atoms with Gasteiger partial charge in [0.2, 0.25) is 0 Å². The number of hydrogen-bond donors (Lipinski definition) is 2. The summed E-state index contributed by atoms with van der Waals surface area (Å²) in [6.07, 6.45) is 1.05. The third-order valence-corrected chi connectivity index (χ3v) is 3.98. The summed E-state index contributed by atoms with van der Waals surface area (Å²) in [5.41, 5.74) is 5.63. The predicted molar refractivity (Wildman–Crippen MR) is 96.5 cm³/mol. The van der Waals surface area contributed by atoms with E-state index in [-0.39, 0.29) is 0 Å². The van der Waals surface area contributed by atoms with Gasteiger partial charge >= 0.3 is 0 Å². The monoisotopic (exact) mass is 316 g/mol. The number of benzene rings is 1. The van der Waals surface area contributed by atoms with Crippen LogP contribution in [0.15, 0.2) is 24.3 Å². The molecule has 0 saturated carbocycles. The second-order valence-corrected chi connectivity index (χ2v) is 5.92. The maximum absolute atomic E-state index is 5.32. The zero-order valence-corrected chi connectivity index (χ0v) is 14.5. The van der Waals surface area contributed by atoms with Gasteiger partial charge in [0.05, 0.1) is 23.6 Å². The molecule has 0 aliphatic heterocycles. The first-order chi connectivity index (χ1) is 10.5. The number of anilines is 1. The minimum Gasteiger partial charge on any atom is -0.362 e. The van der Waals surface area contributed by atoms with Crippen molar-refractivity contribution in [1.82, 2.24) is 15.1 Å². The van der Waals surface area contributed by atoms with Gasteiger partial charge in [-0.1, -0.05) is 31.2 Å². The smallest absolute Gasteiger partial charge is 0.170 e. The fourth-order valence-electron chi connectivity index (χ4n) is 2.38. The summed E-state index contributed by atoms with van der Waals surface area (Å²) in [5, 5.41) is 11.8. The minimum atomic E-state index is 0.656. The summed E-state index contributed by atoms with van der Waals surface area (Å²) >= 11 is 5.32. The van der Waals surface area contributed by atoms with Gasteiger partial charge in [-0.15, -0.1) is 0 Å². The third-order valence-electron chi connectivity index (χ3n) is 3.74. The van der Waals surface area contributed by atoms with E-state index >= 15 is 0 Å². The molecular weight excluding hydrogens is 292 g/mol. The van der Waals surface area contributed by atoms with Gasteiger partial charge < -0.3 is 10.6 Å². The number of nitrogens with one attached hydrogen (secondary N) is 2. The lowest BCUT2D eigenvalue weighted by atomic mass is 10.1. The normalized spacial score (nSPS) is 10.5. The highest BCUT2D eigenvalue weighted by Crippen LogP contribution is 2.21. The van der Waals surface area contributed by atoms with Crippen LogP contribution in [0.3, 0.4) is 0 Å². The maximum atomic E-state index is 5.32. The Labute approximate surface area is 137 Å². The van der Waals surface area contributed by atoms with Crippen LogP contribution in [0, 0.1) is 20.8 Å².